The third-order valence-corrected chi connectivity index (χ3v) is 5.62. The Morgan fingerprint density at radius 3 is 2.69 bits per heavy atom. The Labute approximate surface area is 161 Å². The van der Waals surface area contributed by atoms with Gasteiger partial charge in [0.1, 0.15) is 5.75 Å². The fourth-order valence-corrected chi connectivity index (χ4v) is 3.95. The molecule has 0 unspecified atom stereocenters. The molecule has 0 aromatic heterocycles. The fraction of sp³-hybridized carbons (Fsp3) is 0.235. The Kier molecular flexibility index (Phi) is 5.32. The highest BCUT2D eigenvalue weighted by molar-refractivity contribution is 7.92. The first kappa shape index (κ1) is 18.8. The standard InChI is InChI=1S/C17H16Cl2N2O4S/c1-26(23,24)21-9-8-16(25-15-5-3-2-4-14(15)21)17(22)20-13-10-11(18)6-7-12(13)19/h2-7,10,16H,8-9H2,1H3,(H,20,22)/t16-/m0/s1. The number of amides is 1. The van der Waals surface area contributed by atoms with Crippen LogP contribution in [0.4, 0.5) is 11.4 Å². The molecule has 9 heteroatoms. The highest BCUT2D eigenvalue weighted by atomic mass is 35.5. The summed E-state index contributed by atoms with van der Waals surface area (Å²) in [7, 11) is -3.50. The van der Waals surface area contributed by atoms with Crippen molar-refractivity contribution in [2.45, 2.75) is 12.5 Å². The van der Waals surface area contributed by atoms with Crippen molar-refractivity contribution in [1.82, 2.24) is 0 Å². The molecule has 2 aromatic rings. The summed E-state index contributed by atoms with van der Waals surface area (Å²) < 4.78 is 31.2. The van der Waals surface area contributed by atoms with Crippen molar-refractivity contribution >= 4 is 50.5 Å². The SMILES string of the molecule is CS(=O)(=O)N1CC[C@@H](C(=O)Nc2cc(Cl)ccc2Cl)Oc2ccccc21. The molecule has 3 rings (SSSR count). The summed E-state index contributed by atoms with van der Waals surface area (Å²) in [5.41, 5.74) is 0.774. The van der Waals surface area contributed by atoms with E-state index in [1.807, 2.05) is 0 Å². The maximum absolute atomic E-state index is 12.6. The lowest BCUT2D eigenvalue weighted by Gasteiger charge is -2.20. The number of carbonyl (C=O) groups is 1. The molecule has 2 aromatic carbocycles. The van der Waals surface area contributed by atoms with E-state index in [1.165, 1.54) is 10.4 Å². The van der Waals surface area contributed by atoms with Crippen LogP contribution in [0.3, 0.4) is 0 Å². The predicted molar refractivity (Wildman–Crippen MR) is 103 cm³/mol. The number of benzene rings is 2. The van der Waals surface area contributed by atoms with Crippen LogP contribution in [0.25, 0.3) is 0 Å². The van der Waals surface area contributed by atoms with Gasteiger partial charge < -0.3 is 10.1 Å². The topological polar surface area (TPSA) is 75.7 Å². The smallest absolute Gasteiger partial charge is 0.265 e. The van der Waals surface area contributed by atoms with Crippen molar-refractivity contribution in [2.24, 2.45) is 0 Å². The second-order valence-electron chi connectivity index (χ2n) is 5.81. The number of fused-ring (bicyclic) bond motifs is 1. The Bertz CT molecular complexity index is 950. The molecule has 1 N–H and O–H groups in total. The number of carbonyl (C=O) groups excluding carboxylic acids is 1. The van der Waals surface area contributed by atoms with E-state index in [2.05, 4.69) is 5.32 Å². The van der Waals surface area contributed by atoms with Crippen LogP contribution in [0.15, 0.2) is 42.5 Å². The minimum atomic E-state index is -3.50. The minimum absolute atomic E-state index is 0.122. The fourth-order valence-electron chi connectivity index (χ4n) is 2.67. The maximum Gasteiger partial charge on any atom is 0.265 e. The lowest BCUT2D eigenvalue weighted by atomic mass is 10.2. The molecule has 1 aliphatic heterocycles. The Morgan fingerprint density at radius 1 is 1.23 bits per heavy atom. The number of halogens is 2. The van der Waals surface area contributed by atoms with Crippen LogP contribution >= 0.6 is 23.2 Å². The van der Waals surface area contributed by atoms with Crippen LogP contribution < -0.4 is 14.4 Å². The van der Waals surface area contributed by atoms with Gasteiger partial charge in [0.25, 0.3) is 5.91 Å². The van der Waals surface area contributed by atoms with Gasteiger partial charge in [0, 0.05) is 18.0 Å². The number of ether oxygens (including phenoxy) is 1. The molecular formula is C17H16Cl2N2O4S. The molecule has 0 radical (unpaired) electrons. The van der Waals surface area contributed by atoms with E-state index >= 15 is 0 Å². The number of nitrogens with zero attached hydrogens (tertiary/aromatic N) is 1. The molecular weight excluding hydrogens is 399 g/mol. The largest absolute Gasteiger partial charge is 0.478 e. The molecule has 1 amide bonds. The molecule has 0 saturated heterocycles. The van der Waals surface area contributed by atoms with E-state index in [4.69, 9.17) is 27.9 Å². The average molecular weight is 415 g/mol. The number of nitrogens with one attached hydrogen (secondary N) is 1. The number of sulfonamides is 1. The zero-order chi connectivity index (χ0) is 18.9. The number of hydrogen-bond acceptors (Lipinski definition) is 4. The van der Waals surface area contributed by atoms with Gasteiger partial charge in [0.05, 0.1) is 22.7 Å². The van der Waals surface area contributed by atoms with Crippen molar-refractivity contribution in [2.75, 3.05) is 22.4 Å². The molecule has 6 nitrogen and oxygen atoms in total. The van der Waals surface area contributed by atoms with Gasteiger partial charge in [-0.05, 0) is 30.3 Å². The van der Waals surface area contributed by atoms with Crippen molar-refractivity contribution in [3.8, 4) is 5.75 Å². The van der Waals surface area contributed by atoms with E-state index in [9.17, 15) is 13.2 Å². The van der Waals surface area contributed by atoms with E-state index in [1.54, 1.807) is 36.4 Å². The summed E-state index contributed by atoms with van der Waals surface area (Å²) in [5.74, 6) is -0.105. The third kappa shape index (κ3) is 4.06. The summed E-state index contributed by atoms with van der Waals surface area (Å²) >= 11 is 12.0. The first-order valence-electron chi connectivity index (χ1n) is 7.75. The van der Waals surface area contributed by atoms with Crippen LogP contribution in [0.2, 0.25) is 10.0 Å². The average Bonchev–Trinajstić information content (AvgIpc) is 2.77. The van der Waals surface area contributed by atoms with E-state index in [0.29, 0.717) is 27.2 Å². The molecule has 1 heterocycles. The highest BCUT2D eigenvalue weighted by Gasteiger charge is 2.31. The predicted octanol–water partition coefficient (Wildman–Crippen LogP) is 3.55. The van der Waals surface area contributed by atoms with E-state index < -0.39 is 22.0 Å². The summed E-state index contributed by atoms with van der Waals surface area (Å²) in [6.07, 6.45) is 0.430. The van der Waals surface area contributed by atoms with Gasteiger partial charge in [0.2, 0.25) is 10.0 Å². The molecule has 1 atom stereocenters. The maximum atomic E-state index is 12.6. The van der Waals surface area contributed by atoms with Gasteiger partial charge in [-0.1, -0.05) is 35.3 Å². The number of rotatable bonds is 3. The molecule has 0 saturated carbocycles. The first-order chi connectivity index (χ1) is 12.3. The van der Waals surface area contributed by atoms with Crippen molar-refractivity contribution in [3.05, 3.63) is 52.5 Å². The zero-order valence-corrected chi connectivity index (χ0v) is 16.1. The first-order valence-corrected chi connectivity index (χ1v) is 10.4. The summed E-state index contributed by atoms with van der Waals surface area (Å²) in [6.45, 7) is 0.122. The Hall–Kier alpha value is -1.96. The molecule has 26 heavy (non-hydrogen) atoms. The lowest BCUT2D eigenvalue weighted by molar-refractivity contribution is -0.122. The third-order valence-electron chi connectivity index (χ3n) is 3.88. The number of anilines is 2. The second-order valence-corrected chi connectivity index (χ2v) is 8.56. The molecule has 0 bridgehead atoms. The Morgan fingerprint density at radius 2 is 1.96 bits per heavy atom. The van der Waals surface area contributed by atoms with Crippen LogP contribution in [-0.4, -0.2) is 33.2 Å². The van der Waals surface area contributed by atoms with Crippen LogP contribution in [0, 0.1) is 0 Å². The zero-order valence-electron chi connectivity index (χ0n) is 13.8. The molecule has 0 fully saturated rings. The van der Waals surface area contributed by atoms with E-state index in [-0.39, 0.29) is 13.0 Å². The van der Waals surface area contributed by atoms with Gasteiger partial charge in [-0.25, -0.2) is 8.42 Å². The lowest BCUT2D eigenvalue weighted by Crippen LogP contribution is -2.36. The van der Waals surface area contributed by atoms with Gasteiger partial charge in [-0.2, -0.15) is 0 Å². The summed E-state index contributed by atoms with van der Waals surface area (Å²) in [6, 6.07) is 11.4. The van der Waals surface area contributed by atoms with Crippen LogP contribution in [0.1, 0.15) is 6.42 Å². The number of hydrogen-bond donors (Lipinski definition) is 1. The second kappa shape index (κ2) is 7.34. The summed E-state index contributed by atoms with van der Waals surface area (Å²) in [5, 5.41) is 3.46. The van der Waals surface area contributed by atoms with E-state index in [0.717, 1.165) is 6.26 Å². The summed E-state index contributed by atoms with van der Waals surface area (Å²) in [4.78, 5) is 12.6. The quantitative estimate of drug-likeness (QED) is 0.832. The highest BCUT2D eigenvalue weighted by Crippen LogP contribution is 2.34. The van der Waals surface area contributed by atoms with Crippen LogP contribution in [-0.2, 0) is 14.8 Å². The monoisotopic (exact) mass is 414 g/mol. The van der Waals surface area contributed by atoms with Gasteiger partial charge in [-0.3, -0.25) is 9.10 Å². The Balaban J connectivity index is 1.87. The molecule has 0 aliphatic carbocycles. The van der Waals surface area contributed by atoms with Gasteiger partial charge in [0.15, 0.2) is 6.10 Å². The van der Waals surface area contributed by atoms with Crippen molar-refractivity contribution in [1.29, 1.82) is 0 Å². The number of para-hydroxylation sites is 2. The normalized spacial score (nSPS) is 17.0. The van der Waals surface area contributed by atoms with Gasteiger partial charge >= 0.3 is 0 Å². The molecule has 0 spiro atoms. The minimum Gasteiger partial charge on any atom is -0.478 e. The van der Waals surface area contributed by atoms with Crippen molar-refractivity contribution < 1.29 is 17.9 Å². The van der Waals surface area contributed by atoms with Crippen molar-refractivity contribution in [3.63, 3.8) is 0 Å². The molecule has 138 valence electrons. The van der Waals surface area contributed by atoms with Gasteiger partial charge in [-0.15, -0.1) is 0 Å². The van der Waals surface area contributed by atoms with Crippen LogP contribution in [0.5, 0.6) is 5.75 Å². The molecule has 1 aliphatic rings.